The topological polar surface area (TPSA) is 61.8 Å². The minimum atomic E-state index is -0.296. The van der Waals surface area contributed by atoms with Crippen LogP contribution in [-0.2, 0) is 6.54 Å². The number of fused-ring (bicyclic) bond motifs is 1. The summed E-state index contributed by atoms with van der Waals surface area (Å²) in [6.45, 7) is 0.532. The molecule has 5 rings (SSSR count). The lowest BCUT2D eigenvalue weighted by Gasteiger charge is -2.24. The van der Waals surface area contributed by atoms with Crippen molar-refractivity contribution in [1.82, 2.24) is 18.7 Å². The largest absolute Gasteiger partial charge is 0.337 e. The van der Waals surface area contributed by atoms with Gasteiger partial charge in [0.2, 0.25) is 0 Å². The van der Waals surface area contributed by atoms with Gasteiger partial charge in [0, 0.05) is 12.6 Å². The van der Waals surface area contributed by atoms with Gasteiger partial charge in [-0.2, -0.15) is 0 Å². The molecule has 6 heteroatoms. The van der Waals surface area contributed by atoms with Crippen LogP contribution in [0.15, 0.2) is 76.6 Å². The molecule has 0 N–H and O–H groups in total. The third kappa shape index (κ3) is 3.18. The zero-order valence-corrected chi connectivity index (χ0v) is 16.8. The van der Waals surface area contributed by atoms with E-state index in [0.717, 1.165) is 43.4 Å². The Labute approximate surface area is 174 Å². The molecular formula is C24H24N4O2. The summed E-state index contributed by atoms with van der Waals surface area (Å²) in [6.07, 6.45) is 6.65. The van der Waals surface area contributed by atoms with E-state index in [4.69, 9.17) is 0 Å². The highest BCUT2D eigenvalue weighted by Crippen LogP contribution is 2.26. The van der Waals surface area contributed by atoms with Crippen molar-refractivity contribution >= 4 is 11.2 Å². The third-order valence-corrected chi connectivity index (χ3v) is 6.00. The fraction of sp³-hybridized carbons (Fsp3) is 0.292. The molecule has 0 bridgehead atoms. The van der Waals surface area contributed by atoms with Gasteiger partial charge in [0.05, 0.1) is 12.0 Å². The SMILES string of the molecule is O=c1c2c(ncn2Cc2ccccc2)n(-c2ccccc2)c(=O)n1C1CCCCC1. The molecule has 0 radical (unpaired) electrons. The maximum Gasteiger partial charge on any atom is 0.337 e. The first-order valence-electron chi connectivity index (χ1n) is 10.6. The molecule has 1 saturated carbocycles. The normalized spacial score (nSPS) is 14.9. The van der Waals surface area contributed by atoms with Gasteiger partial charge in [0.25, 0.3) is 5.56 Å². The average molecular weight is 400 g/mol. The van der Waals surface area contributed by atoms with Gasteiger partial charge in [0.15, 0.2) is 11.2 Å². The van der Waals surface area contributed by atoms with Crippen LogP contribution in [-0.4, -0.2) is 18.7 Å². The van der Waals surface area contributed by atoms with E-state index < -0.39 is 0 Å². The van der Waals surface area contributed by atoms with Gasteiger partial charge in [0.1, 0.15) is 0 Å². The Bertz CT molecular complexity index is 1280. The van der Waals surface area contributed by atoms with Crippen molar-refractivity contribution in [2.45, 2.75) is 44.7 Å². The second-order valence-electron chi connectivity index (χ2n) is 7.95. The molecule has 0 amide bonds. The lowest BCUT2D eigenvalue weighted by Crippen LogP contribution is -2.43. The monoisotopic (exact) mass is 400 g/mol. The lowest BCUT2D eigenvalue weighted by molar-refractivity contribution is 0.335. The quantitative estimate of drug-likeness (QED) is 0.522. The highest BCUT2D eigenvalue weighted by atomic mass is 16.2. The van der Waals surface area contributed by atoms with Gasteiger partial charge in [-0.1, -0.05) is 67.8 Å². The van der Waals surface area contributed by atoms with Crippen molar-refractivity contribution in [3.63, 3.8) is 0 Å². The third-order valence-electron chi connectivity index (χ3n) is 6.00. The molecule has 0 saturated heterocycles. The number of hydrogen-bond donors (Lipinski definition) is 0. The molecule has 1 aliphatic carbocycles. The Kier molecular flexibility index (Phi) is 4.83. The molecule has 4 aromatic rings. The van der Waals surface area contributed by atoms with Crippen molar-refractivity contribution in [3.05, 3.63) is 93.4 Å². The zero-order chi connectivity index (χ0) is 20.5. The van der Waals surface area contributed by atoms with Gasteiger partial charge in [-0.15, -0.1) is 0 Å². The number of hydrogen-bond acceptors (Lipinski definition) is 3. The first-order valence-corrected chi connectivity index (χ1v) is 10.6. The number of para-hydroxylation sites is 1. The van der Waals surface area contributed by atoms with Crippen LogP contribution >= 0.6 is 0 Å². The van der Waals surface area contributed by atoms with Gasteiger partial charge < -0.3 is 4.57 Å². The van der Waals surface area contributed by atoms with Gasteiger partial charge in [-0.05, 0) is 30.5 Å². The summed E-state index contributed by atoms with van der Waals surface area (Å²) in [5, 5.41) is 0. The van der Waals surface area contributed by atoms with Crippen LogP contribution < -0.4 is 11.2 Å². The van der Waals surface area contributed by atoms with E-state index in [2.05, 4.69) is 4.98 Å². The Morgan fingerprint density at radius 1 is 0.867 bits per heavy atom. The fourth-order valence-electron chi connectivity index (χ4n) is 4.52. The Morgan fingerprint density at radius 2 is 1.53 bits per heavy atom. The first-order chi connectivity index (χ1) is 14.7. The fourth-order valence-corrected chi connectivity index (χ4v) is 4.52. The van der Waals surface area contributed by atoms with Crippen LogP contribution in [0.4, 0.5) is 0 Å². The first kappa shape index (κ1) is 18.6. The summed E-state index contributed by atoms with van der Waals surface area (Å²) in [7, 11) is 0. The lowest BCUT2D eigenvalue weighted by atomic mass is 9.95. The van der Waals surface area contributed by atoms with Crippen molar-refractivity contribution in [3.8, 4) is 5.69 Å². The molecule has 152 valence electrons. The molecular weight excluding hydrogens is 376 g/mol. The Hall–Kier alpha value is -3.41. The van der Waals surface area contributed by atoms with Crippen LogP contribution in [0.5, 0.6) is 0 Å². The van der Waals surface area contributed by atoms with Crippen molar-refractivity contribution < 1.29 is 0 Å². The molecule has 1 fully saturated rings. The van der Waals surface area contributed by atoms with Gasteiger partial charge in [-0.3, -0.25) is 9.36 Å². The number of aromatic nitrogens is 4. The minimum absolute atomic E-state index is 0.0572. The number of imidazole rings is 1. The number of benzene rings is 2. The second kappa shape index (κ2) is 7.78. The second-order valence-corrected chi connectivity index (χ2v) is 7.95. The van der Waals surface area contributed by atoms with E-state index in [0.29, 0.717) is 17.7 Å². The molecule has 0 atom stereocenters. The summed E-state index contributed by atoms with van der Waals surface area (Å²) in [4.78, 5) is 31.7. The molecule has 2 aromatic heterocycles. The number of nitrogens with zero attached hydrogens (tertiary/aromatic N) is 4. The van der Waals surface area contributed by atoms with Gasteiger partial charge in [-0.25, -0.2) is 14.3 Å². The smallest absolute Gasteiger partial charge is 0.320 e. The predicted molar refractivity (Wildman–Crippen MR) is 117 cm³/mol. The maximum atomic E-state index is 13.6. The van der Waals surface area contributed by atoms with E-state index in [9.17, 15) is 9.59 Å². The van der Waals surface area contributed by atoms with Crippen LogP contribution in [0.25, 0.3) is 16.9 Å². The van der Waals surface area contributed by atoms with Gasteiger partial charge >= 0.3 is 5.69 Å². The Morgan fingerprint density at radius 3 is 2.23 bits per heavy atom. The molecule has 1 aliphatic rings. The zero-order valence-electron chi connectivity index (χ0n) is 16.8. The van der Waals surface area contributed by atoms with E-state index in [1.807, 2.05) is 65.2 Å². The number of rotatable bonds is 4. The summed E-state index contributed by atoms with van der Waals surface area (Å²) >= 11 is 0. The van der Waals surface area contributed by atoms with Crippen LogP contribution in [0.2, 0.25) is 0 Å². The molecule has 0 spiro atoms. The van der Waals surface area contributed by atoms with Crippen LogP contribution in [0.3, 0.4) is 0 Å². The van der Waals surface area contributed by atoms with Crippen molar-refractivity contribution in [1.29, 1.82) is 0 Å². The standard InChI is InChI=1S/C24H24N4O2/c29-23-21-22(25-17-26(21)16-18-10-4-1-5-11-18)27(19-12-6-2-7-13-19)24(30)28(23)20-14-8-3-9-15-20/h1-2,4-7,10-13,17,20H,3,8-9,14-16H2. The molecule has 30 heavy (non-hydrogen) atoms. The van der Waals surface area contributed by atoms with Crippen LogP contribution in [0, 0.1) is 0 Å². The minimum Gasteiger partial charge on any atom is -0.320 e. The van der Waals surface area contributed by atoms with E-state index in [1.165, 1.54) is 4.57 Å². The maximum absolute atomic E-state index is 13.6. The van der Waals surface area contributed by atoms with Crippen LogP contribution in [0.1, 0.15) is 43.7 Å². The summed E-state index contributed by atoms with van der Waals surface area (Å²) < 4.78 is 4.94. The van der Waals surface area contributed by atoms with Crippen molar-refractivity contribution in [2.75, 3.05) is 0 Å². The molecule has 6 nitrogen and oxygen atoms in total. The predicted octanol–water partition coefficient (Wildman–Crippen LogP) is 3.90. The molecule has 0 aliphatic heterocycles. The highest BCUT2D eigenvalue weighted by Gasteiger charge is 2.25. The molecule has 2 heterocycles. The summed E-state index contributed by atoms with van der Waals surface area (Å²) in [5.74, 6) is 0. The van der Waals surface area contributed by atoms with E-state index >= 15 is 0 Å². The average Bonchev–Trinajstić information content (AvgIpc) is 3.19. The summed E-state index contributed by atoms with van der Waals surface area (Å²) in [6, 6.07) is 19.4. The van der Waals surface area contributed by atoms with E-state index in [-0.39, 0.29) is 17.3 Å². The van der Waals surface area contributed by atoms with E-state index in [1.54, 1.807) is 10.9 Å². The molecule has 0 unspecified atom stereocenters. The summed E-state index contributed by atoms with van der Waals surface area (Å²) in [5.41, 5.74) is 2.17. The highest BCUT2D eigenvalue weighted by molar-refractivity contribution is 5.72. The molecule has 2 aromatic carbocycles. The van der Waals surface area contributed by atoms with Crippen molar-refractivity contribution in [2.24, 2.45) is 0 Å². The Balaban J connectivity index is 1.78.